The molecule has 0 aliphatic carbocycles. The molecule has 1 aromatic carbocycles. The lowest BCUT2D eigenvalue weighted by atomic mass is 9.97. The molecule has 2 rings (SSSR count). The van der Waals surface area contributed by atoms with E-state index in [4.69, 9.17) is 0 Å². The Balaban J connectivity index is 2.34. The molecule has 19 heavy (non-hydrogen) atoms. The molecule has 0 spiro atoms. The minimum atomic E-state index is 0.167. The standard InChI is InChI=1S/C16H21N3/c1-4-7-19-16(15-9-17-11-18-10-15)14-6-5-12(2)13(3)8-14/h5-6,8-11,16,19H,4,7H2,1-3H3. The van der Waals surface area contributed by atoms with Crippen LogP contribution >= 0.6 is 0 Å². The first kappa shape index (κ1) is 13.7. The summed E-state index contributed by atoms with van der Waals surface area (Å²) in [5.41, 5.74) is 5.02. The van der Waals surface area contributed by atoms with Gasteiger partial charge in [-0.05, 0) is 43.5 Å². The minimum absolute atomic E-state index is 0.167. The van der Waals surface area contributed by atoms with Gasteiger partial charge in [0.05, 0.1) is 6.04 Å². The van der Waals surface area contributed by atoms with E-state index >= 15 is 0 Å². The summed E-state index contributed by atoms with van der Waals surface area (Å²) in [5.74, 6) is 0. The van der Waals surface area contributed by atoms with Crippen molar-refractivity contribution >= 4 is 0 Å². The molecule has 1 unspecified atom stereocenters. The van der Waals surface area contributed by atoms with E-state index in [0.717, 1.165) is 18.5 Å². The van der Waals surface area contributed by atoms with Gasteiger partial charge >= 0.3 is 0 Å². The second-order valence-electron chi connectivity index (χ2n) is 4.90. The van der Waals surface area contributed by atoms with Crippen molar-refractivity contribution in [2.45, 2.75) is 33.2 Å². The third-order valence-electron chi connectivity index (χ3n) is 3.38. The molecular formula is C16H21N3. The summed E-state index contributed by atoms with van der Waals surface area (Å²) in [4.78, 5) is 8.26. The van der Waals surface area contributed by atoms with Gasteiger partial charge in [0.25, 0.3) is 0 Å². The smallest absolute Gasteiger partial charge is 0.115 e. The summed E-state index contributed by atoms with van der Waals surface area (Å²) in [6, 6.07) is 6.77. The molecule has 2 aromatic rings. The fourth-order valence-electron chi connectivity index (χ4n) is 2.12. The Morgan fingerprint density at radius 3 is 2.42 bits per heavy atom. The van der Waals surface area contributed by atoms with E-state index in [0.29, 0.717) is 0 Å². The highest BCUT2D eigenvalue weighted by Gasteiger charge is 2.14. The van der Waals surface area contributed by atoms with Crippen LogP contribution in [0.3, 0.4) is 0 Å². The Bertz CT molecular complexity index is 523. The molecule has 0 bridgehead atoms. The number of nitrogens with one attached hydrogen (secondary N) is 1. The molecule has 100 valence electrons. The Kier molecular flexibility index (Phi) is 4.63. The van der Waals surface area contributed by atoms with E-state index in [1.165, 1.54) is 16.7 Å². The van der Waals surface area contributed by atoms with Gasteiger partial charge in [-0.3, -0.25) is 0 Å². The highest BCUT2D eigenvalue weighted by molar-refractivity contribution is 5.35. The molecule has 1 heterocycles. The van der Waals surface area contributed by atoms with Gasteiger partial charge in [-0.1, -0.05) is 25.1 Å². The zero-order valence-corrected chi connectivity index (χ0v) is 11.9. The van der Waals surface area contributed by atoms with Crippen LogP contribution in [0, 0.1) is 13.8 Å². The van der Waals surface area contributed by atoms with Crippen molar-refractivity contribution < 1.29 is 0 Å². The van der Waals surface area contributed by atoms with E-state index in [9.17, 15) is 0 Å². The molecule has 0 aliphatic rings. The SMILES string of the molecule is CCCNC(c1cncnc1)c1ccc(C)c(C)c1. The zero-order chi connectivity index (χ0) is 13.7. The van der Waals surface area contributed by atoms with Gasteiger partial charge in [-0.2, -0.15) is 0 Å². The lowest BCUT2D eigenvalue weighted by Gasteiger charge is -2.19. The van der Waals surface area contributed by atoms with Gasteiger partial charge in [0.2, 0.25) is 0 Å². The minimum Gasteiger partial charge on any atom is -0.306 e. The van der Waals surface area contributed by atoms with Crippen molar-refractivity contribution in [1.29, 1.82) is 0 Å². The monoisotopic (exact) mass is 255 g/mol. The van der Waals surface area contributed by atoms with Crippen LogP contribution in [0.5, 0.6) is 0 Å². The first-order valence-electron chi connectivity index (χ1n) is 6.77. The predicted octanol–water partition coefficient (Wildman–Crippen LogP) is 3.18. The van der Waals surface area contributed by atoms with Crippen molar-refractivity contribution in [2.24, 2.45) is 0 Å². The van der Waals surface area contributed by atoms with Gasteiger partial charge in [0, 0.05) is 18.0 Å². The number of aryl methyl sites for hydroxylation is 2. The molecule has 0 radical (unpaired) electrons. The van der Waals surface area contributed by atoms with Crippen LogP contribution in [0.1, 0.15) is 41.6 Å². The summed E-state index contributed by atoms with van der Waals surface area (Å²) in [6.07, 6.45) is 6.45. The van der Waals surface area contributed by atoms with E-state index in [1.807, 2.05) is 12.4 Å². The fourth-order valence-corrected chi connectivity index (χ4v) is 2.12. The number of nitrogens with zero attached hydrogens (tertiary/aromatic N) is 2. The van der Waals surface area contributed by atoms with Crippen LogP contribution in [0.2, 0.25) is 0 Å². The van der Waals surface area contributed by atoms with Crippen molar-refractivity contribution in [2.75, 3.05) is 6.54 Å². The number of benzene rings is 1. The van der Waals surface area contributed by atoms with Gasteiger partial charge in [0.1, 0.15) is 6.33 Å². The van der Waals surface area contributed by atoms with Crippen LogP contribution in [0.15, 0.2) is 36.9 Å². The Morgan fingerprint density at radius 1 is 1.05 bits per heavy atom. The van der Waals surface area contributed by atoms with E-state index in [-0.39, 0.29) is 6.04 Å². The number of hydrogen-bond acceptors (Lipinski definition) is 3. The average Bonchev–Trinajstić information content (AvgIpc) is 2.44. The van der Waals surface area contributed by atoms with Gasteiger partial charge in [-0.15, -0.1) is 0 Å². The van der Waals surface area contributed by atoms with Crippen molar-refractivity contribution in [3.8, 4) is 0 Å². The van der Waals surface area contributed by atoms with E-state index < -0.39 is 0 Å². The van der Waals surface area contributed by atoms with Crippen LogP contribution in [0.4, 0.5) is 0 Å². The molecule has 1 aromatic heterocycles. The normalized spacial score (nSPS) is 12.4. The van der Waals surface area contributed by atoms with E-state index in [1.54, 1.807) is 6.33 Å². The van der Waals surface area contributed by atoms with Crippen LogP contribution in [-0.4, -0.2) is 16.5 Å². The zero-order valence-electron chi connectivity index (χ0n) is 11.9. The first-order chi connectivity index (χ1) is 9.22. The quantitative estimate of drug-likeness (QED) is 0.891. The first-order valence-corrected chi connectivity index (χ1v) is 6.77. The van der Waals surface area contributed by atoms with Crippen molar-refractivity contribution in [3.63, 3.8) is 0 Å². The average molecular weight is 255 g/mol. The van der Waals surface area contributed by atoms with Crippen molar-refractivity contribution in [1.82, 2.24) is 15.3 Å². The maximum absolute atomic E-state index is 4.13. The van der Waals surface area contributed by atoms with Gasteiger partial charge < -0.3 is 5.32 Å². The molecule has 0 saturated carbocycles. The highest BCUT2D eigenvalue weighted by atomic mass is 14.9. The number of aromatic nitrogens is 2. The summed E-state index contributed by atoms with van der Waals surface area (Å²) < 4.78 is 0. The molecule has 1 N–H and O–H groups in total. The second-order valence-corrected chi connectivity index (χ2v) is 4.90. The van der Waals surface area contributed by atoms with Crippen molar-refractivity contribution in [3.05, 3.63) is 59.2 Å². The molecule has 3 nitrogen and oxygen atoms in total. The number of rotatable bonds is 5. The summed E-state index contributed by atoms with van der Waals surface area (Å²) in [5, 5.41) is 3.57. The lowest BCUT2D eigenvalue weighted by Crippen LogP contribution is -2.23. The highest BCUT2D eigenvalue weighted by Crippen LogP contribution is 2.23. The molecule has 3 heteroatoms. The molecule has 1 atom stereocenters. The maximum atomic E-state index is 4.13. The third kappa shape index (κ3) is 3.38. The molecular weight excluding hydrogens is 234 g/mol. The largest absolute Gasteiger partial charge is 0.306 e. The molecule has 0 fully saturated rings. The maximum Gasteiger partial charge on any atom is 0.115 e. The van der Waals surface area contributed by atoms with Crippen LogP contribution in [0.25, 0.3) is 0 Å². The summed E-state index contributed by atoms with van der Waals surface area (Å²) >= 11 is 0. The summed E-state index contributed by atoms with van der Waals surface area (Å²) in [6.45, 7) is 7.44. The molecule has 0 amide bonds. The van der Waals surface area contributed by atoms with Gasteiger partial charge in [0.15, 0.2) is 0 Å². The second kappa shape index (κ2) is 6.43. The lowest BCUT2D eigenvalue weighted by molar-refractivity contribution is 0.594. The molecule has 0 aliphatic heterocycles. The Morgan fingerprint density at radius 2 is 1.79 bits per heavy atom. The van der Waals surface area contributed by atoms with Crippen LogP contribution < -0.4 is 5.32 Å². The Labute approximate surface area is 115 Å². The fraction of sp³-hybridized carbons (Fsp3) is 0.375. The number of hydrogen-bond donors (Lipinski definition) is 1. The van der Waals surface area contributed by atoms with E-state index in [2.05, 4.69) is 54.3 Å². The third-order valence-corrected chi connectivity index (χ3v) is 3.38. The van der Waals surface area contributed by atoms with Crippen LogP contribution in [-0.2, 0) is 0 Å². The topological polar surface area (TPSA) is 37.8 Å². The predicted molar refractivity (Wildman–Crippen MR) is 78.1 cm³/mol. The van der Waals surface area contributed by atoms with Gasteiger partial charge in [-0.25, -0.2) is 9.97 Å². The summed E-state index contributed by atoms with van der Waals surface area (Å²) in [7, 11) is 0. The molecule has 0 saturated heterocycles. The Hall–Kier alpha value is -1.74.